The van der Waals surface area contributed by atoms with E-state index in [1.54, 1.807) is 34.1 Å². The third kappa shape index (κ3) is 5.48. The summed E-state index contributed by atoms with van der Waals surface area (Å²) in [5.41, 5.74) is 1.62. The van der Waals surface area contributed by atoms with Crippen molar-refractivity contribution in [2.45, 2.75) is 19.8 Å². The van der Waals surface area contributed by atoms with Crippen LogP contribution in [0.2, 0.25) is 0 Å². The van der Waals surface area contributed by atoms with Gasteiger partial charge in [0.1, 0.15) is 0 Å². The average Bonchev–Trinajstić information content (AvgIpc) is 3.29. The summed E-state index contributed by atoms with van der Waals surface area (Å²) in [5.74, 6) is 0.362. The monoisotopic (exact) mass is 467 g/mol. The lowest BCUT2D eigenvalue weighted by atomic mass is 10.1. The Balaban J connectivity index is 1.46. The number of hydrogen-bond donors (Lipinski definition) is 1. The Hall–Kier alpha value is -3.59. The fourth-order valence-electron chi connectivity index (χ4n) is 3.99. The van der Waals surface area contributed by atoms with E-state index in [9.17, 15) is 14.4 Å². The molecule has 9 heteroatoms. The second kappa shape index (κ2) is 11.0. The zero-order chi connectivity index (χ0) is 23.9. The minimum absolute atomic E-state index is 0.0495. The first-order chi connectivity index (χ1) is 16.6. The molecule has 9 nitrogen and oxygen atoms in total. The number of carbonyl (C=O) groups is 3. The van der Waals surface area contributed by atoms with Crippen LogP contribution in [0.3, 0.4) is 0 Å². The van der Waals surface area contributed by atoms with Gasteiger partial charge in [0.2, 0.25) is 5.91 Å². The molecule has 1 N–H and O–H groups in total. The smallest absolute Gasteiger partial charge is 0.260 e. The third-order valence-corrected chi connectivity index (χ3v) is 5.74. The Labute approximate surface area is 198 Å². The highest BCUT2D eigenvalue weighted by Crippen LogP contribution is 2.32. The van der Waals surface area contributed by atoms with Gasteiger partial charge in [-0.2, -0.15) is 0 Å². The Morgan fingerprint density at radius 2 is 1.82 bits per heavy atom. The van der Waals surface area contributed by atoms with Gasteiger partial charge < -0.3 is 29.3 Å². The molecule has 0 aromatic heterocycles. The van der Waals surface area contributed by atoms with Gasteiger partial charge in [0.25, 0.3) is 11.8 Å². The molecule has 0 aliphatic carbocycles. The van der Waals surface area contributed by atoms with Crippen molar-refractivity contribution in [3.8, 4) is 11.5 Å². The number of para-hydroxylation sites is 2. The summed E-state index contributed by atoms with van der Waals surface area (Å²) in [6.45, 7) is 4.85. The zero-order valence-corrected chi connectivity index (χ0v) is 19.2. The predicted molar refractivity (Wildman–Crippen MR) is 126 cm³/mol. The van der Waals surface area contributed by atoms with Gasteiger partial charge in [-0.3, -0.25) is 14.4 Å². The maximum Gasteiger partial charge on any atom is 0.260 e. The van der Waals surface area contributed by atoms with Crippen molar-refractivity contribution in [1.82, 2.24) is 4.90 Å². The first kappa shape index (κ1) is 23.6. The number of nitrogens with one attached hydrogen (secondary N) is 1. The molecule has 34 heavy (non-hydrogen) atoms. The van der Waals surface area contributed by atoms with E-state index in [0.717, 1.165) is 6.42 Å². The number of benzene rings is 2. The zero-order valence-electron chi connectivity index (χ0n) is 19.2. The second-order valence-electron chi connectivity index (χ2n) is 8.00. The molecule has 2 heterocycles. The van der Waals surface area contributed by atoms with Crippen LogP contribution in [0, 0.1) is 0 Å². The summed E-state index contributed by atoms with van der Waals surface area (Å²) in [6.07, 6.45) is 1.31. The van der Waals surface area contributed by atoms with E-state index < -0.39 is 0 Å². The standard InChI is InChI=1S/C25H29N3O6/c1-2-33-22-16-18(9-10-21(22)34-17-24(30)27-12-14-32-15-13-27)25(31)26-19-6-3-4-7-20(19)28-11-5-8-23(28)29/h3-4,6-7,9-10,16H,2,5,8,11-15,17H2,1H3,(H,26,31). The lowest BCUT2D eigenvalue weighted by molar-refractivity contribution is -0.137. The van der Waals surface area contributed by atoms with Crippen LogP contribution in [0.15, 0.2) is 42.5 Å². The molecule has 0 spiro atoms. The van der Waals surface area contributed by atoms with Crippen molar-refractivity contribution in [2.75, 3.05) is 56.3 Å². The van der Waals surface area contributed by atoms with E-state index in [1.807, 2.05) is 25.1 Å². The molecule has 2 saturated heterocycles. The molecule has 0 radical (unpaired) electrons. The van der Waals surface area contributed by atoms with Gasteiger partial charge in [0.15, 0.2) is 18.1 Å². The van der Waals surface area contributed by atoms with Crippen molar-refractivity contribution < 1.29 is 28.6 Å². The molecule has 0 atom stereocenters. The van der Waals surface area contributed by atoms with Crippen LogP contribution in [0.4, 0.5) is 11.4 Å². The largest absolute Gasteiger partial charge is 0.490 e. The van der Waals surface area contributed by atoms with Gasteiger partial charge in [0, 0.05) is 31.6 Å². The minimum atomic E-state index is -0.337. The van der Waals surface area contributed by atoms with Crippen molar-refractivity contribution >= 4 is 29.1 Å². The molecule has 180 valence electrons. The Kier molecular flexibility index (Phi) is 7.64. The summed E-state index contributed by atoms with van der Waals surface area (Å²) in [4.78, 5) is 41.0. The maximum atomic E-state index is 13.0. The van der Waals surface area contributed by atoms with E-state index in [0.29, 0.717) is 74.3 Å². The summed E-state index contributed by atoms with van der Waals surface area (Å²) in [5, 5.41) is 2.90. The Bertz CT molecular complexity index is 1050. The van der Waals surface area contributed by atoms with Crippen LogP contribution in [-0.2, 0) is 14.3 Å². The van der Waals surface area contributed by atoms with E-state index in [2.05, 4.69) is 5.32 Å². The highest BCUT2D eigenvalue weighted by molar-refractivity contribution is 6.08. The van der Waals surface area contributed by atoms with Crippen molar-refractivity contribution in [1.29, 1.82) is 0 Å². The normalized spacial score (nSPS) is 15.9. The fourth-order valence-corrected chi connectivity index (χ4v) is 3.99. The first-order valence-corrected chi connectivity index (χ1v) is 11.5. The number of nitrogens with zero attached hydrogens (tertiary/aromatic N) is 2. The lowest BCUT2D eigenvalue weighted by Gasteiger charge is -2.26. The maximum absolute atomic E-state index is 13.0. The minimum Gasteiger partial charge on any atom is -0.490 e. The van der Waals surface area contributed by atoms with Crippen LogP contribution in [0.25, 0.3) is 0 Å². The molecular weight excluding hydrogens is 438 g/mol. The Morgan fingerprint density at radius 3 is 2.56 bits per heavy atom. The van der Waals surface area contributed by atoms with Crippen LogP contribution >= 0.6 is 0 Å². The quantitative estimate of drug-likeness (QED) is 0.641. The summed E-state index contributed by atoms with van der Waals surface area (Å²) >= 11 is 0. The van der Waals surface area contributed by atoms with E-state index in [1.165, 1.54) is 0 Å². The van der Waals surface area contributed by atoms with Gasteiger partial charge in [-0.15, -0.1) is 0 Å². The van der Waals surface area contributed by atoms with E-state index in [4.69, 9.17) is 14.2 Å². The number of ether oxygens (including phenoxy) is 3. The van der Waals surface area contributed by atoms with Gasteiger partial charge in [-0.1, -0.05) is 12.1 Å². The second-order valence-corrected chi connectivity index (χ2v) is 8.00. The molecule has 0 unspecified atom stereocenters. The van der Waals surface area contributed by atoms with Gasteiger partial charge in [-0.25, -0.2) is 0 Å². The van der Waals surface area contributed by atoms with Gasteiger partial charge in [0.05, 0.1) is 31.2 Å². The predicted octanol–water partition coefficient (Wildman–Crippen LogP) is 2.70. The molecule has 2 fully saturated rings. The molecule has 2 aromatic rings. The summed E-state index contributed by atoms with van der Waals surface area (Å²) < 4.78 is 16.7. The molecular formula is C25H29N3O6. The molecule has 2 aliphatic heterocycles. The van der Waals surface area contributed by atoms with Gasteiger partial charge in [-0.05, 0) is 43.7 Å². The molecule has 2 aliphatic rings. The average molecular weight is 468 g/mol. The molecule has 0 saturated carbocycles. The fraction of sp³-hybridized carbons (Fsp3) is 0.400. The number of morpholine rings is 1. The third-order valence-electron chi connectivity index (χ3n) is 5.74. The number of carbonyl (C=O) groups excluding carboxylic acids is 3. The van der Waals surface area contributed by atoms with E-state index in [-0.39, 0.29) is 24.3 Å². The van der Waals surface area contributed by atoms with Crippen molar-refractivity contribution in [3.63, 3.8) is 0 Å². The van der Waals surface area contributed by atoms with Crippen LogP contribution in [-0.4, -0.2) is 68.7 Å². The number of hydrogen-bond acceptors (Lipinski definition) is 6. The Morgan fingerprint density at radius 1 is 1.03 bits per heavy atom. The highest BCUT2D eigenvalue weighted by atomic mass is 16.5. The van der Waals surface area contributed by atoms with E-state index >= 15 is 0 Å². The SMILES string of the molecule is CCOc1cc(C(=O)Nc2ccccc2N2CCCC2=O)ccc1OCC(=O)N1CCOCC1. The van der Waals surface area contributed by atoms with Gasteiger partial charge >= 0.3 is 0 Å². The number of amides is 3. The summed E-state index contributed by atoms with van der Waals surface area (Å²) in [7, 11) is 0. The molecule has 4 rings (SSSR count). The molecule has 0 bridgehead atoms. The van der Waals surface area contributed by atoms with Crippen LogP contribution in [0.5, 0.6) is 11.5 Å². The highest BCUT2D eigenvalue weighted by Gasteiger charge is 2.24. The summed E-state index contributed by atoms with van der Waals surface area (Å²) in [6, 6.07) is 12.1. The van der Waals surface area contributed by atoms with Crippen LogP contribution in [0.1, 0.15) is 30.1 Å². The first-order valence-electron chi connectivity index (χ1n) is 11.5. The topological polar surface area (TPSA) is 97.4 Å². The molecule has 2 aromatic carbocycles. The number of rotatable bonds is 8. The lowest BCUT2D eigenvalue weighted by Crippen LogP contribution is -2.43. The van der Waals surface area contributed by atoms with Crippen LogP contribution < -0.4 is 19.7 Å². The van der Waals surface area contributed by atoms with Crippen molar-refractivity contribution in [3.05, 3.63) is 48.0 Å². The number of anilines is 2. The molecule has 3 amide bonds. The van der Waals surface area contributed by atoms with Crippen molar-refractivity contribution in [2.24, 2.45) is 0 Å².